The molecule has 6 nitrogen and oxygen atoms in total. The van der Waals surface area contributed by atoms with Gasteiger partial charge in [-0.15, -0.1) is 0 Å². The van der Waals surface area contributed by atoms with E-state index in [2.05, 4.69) is 15.0 Å². The zero-order valence-electron chi connectivity index (χ0n) is 11.3. The third-order valence-corrected chi connectivity index (χ3v) is 3.86. The van der Waals surface area contributed by atoms with E-state index in [9.17, 15) is 4.79 Å². The number of primary amides is 1. The number of hydrogen-bond donors (Lipinski definition) is 3. The molecule has 0 spiro atoms. The number of anilines is 1. The van der Waals surface area contributed by atoms with E-state index in [4.69, 9.17) is 11.5 Å². The van der Waals surface area contributed by atoms with Crippen LogP contribution in [0.3, 0.4) is 0 Å². The summed E-state index contributed by atoms with van der Waals surface area (Å²) in [6, 6.07) is 9.08. The third kappa shape index (κ3) is 2.68. The molecule has 106 valence electrons. The Labute approximate surface area is 125 Å². The highest BCUT2D eigenvalue weighted by atomic mass is 32.2. The van der Waals surface area contributed by atoms with Crippen LogP contribution in [-0.2, 0) is 0 Å². The van der Waals surface area contributed by atoms with Crippen molar-refractivity contribution in [3.63, 3.8) is 0 Å². The molecule has 7 heteroatoms. The number of rotatable bonds is 3. The Kier molecular flexibility index (Phi) is 3.26. The molecule has 0 saturated carbocycles. The molecule has 3 rings (SSSR count). The summed E-state index contributed by atoms with van der Waals surface area (Å²) in [6.45, 7) is 2.02. The Morgan fingerprint density at radius 1 is 1.24 bits per heavy atom. The van der Waals surface area contributed by atoms with Gasteiger partial charge in [-0.3, -0.25) is 4.79 Å². The monoisotopic (exact) mass is 299 g/mol. The molecule has 0 radical (unpaired) electrons. The second-order valence-electron chi connectivity index (χ2n) is 4.62. The van der Waals surface area contributed by atoms with Crippen LogP contribution in [0.25, 0.3) is 11.0 Å². The molecule has 0 fully saturated rings. The molecule has 0 saturated heterocycles. The lowest BCUT2D eigenvalue weighted by molar-refractivity contribution is 0.0995. The molecule has 0 aliphatic carbocycles. The molecule has 0 unspecified atom stereocenters. The standard InChI is InChI=1S/C14H13N5OS/c1-7-2-4-9-11(6-7)19-14(18-9)21-13-8(15)3-5-10(17-13)12(16)20/h2-6H,15H2,1H3,(H2,16,20)(H,18,19). The van der Waals surface area contributed by atoms with Crippen LogP contribution >= 0.6 is 11.8 Å². The first kappa shape index (κ1) is 13.4. The number of aromatic amines is 1. The van der Waals surface area contributed by atoms with Crippen molar-refractivity contribution in [1.29, 1.82) is 0 Å². The number of benzene rings is 1. The molecule has 2 aromatic heterocycles. The summed E-state index contributed by atoms with van der Waals surface area (Å²) in [5, 5.41) is 1.17. The van der Waals surface area contributed by atoms with Crippen molar-refractivity contribution in [3.05, 3.63) is 41.6 Å². The molecule has 2 heterocycles. The maximum Gasteiger partial charge on any atom is 0.267 e. The van der Waals surface area contributed by atoms with Gasteiger partial charge in [0, 0.05) is 0 Å². The highest BCUT2D eigenvalue weighted by Gasteiger charge is 2.11. The zero-order valence-corrected chi connectivity index (χ0v) is 12.1. The van der Waals surface area contributed by atoms with Gasteiger partial charge < -0.3 is 16.5 Å². The first-order valence-corrected chi connectivity index (χ1v) is 7.05. The fourth-order valence-electron chi connectivity index (χ4n) is 1.91. The number of nitrogens with two attached hydrogens (primary N) is 2. The Morgan fingerprint density at radius 3 is 2.81 bits per heavy atom. The number of pyridine rings is 1. The van der Waals surface area contributed by atoms with E-state index in [0.717, 1.165) is 16.6 Å². The van der Waals surface area contributed by atoms with Gasteiger partial charge in [-0.05, 0) is 48.5 Å². The third-order valence-electron chi connectivity index (χ3n) is 2.95. The van der Waals surface area contributed by atoms with Crippen LogP contribution in [0, 0.1) is 6.92 Å². The van der Waals surface area contributed by atoms with Gasteiger partial charge in [-0.25, -0.2) is 9.97 Å². The number of nitrogens with zero attached hydrogens (tertiary/aromatic N) is 2. The van der Waals surface area contributed by atoms with E-state index >= 15 is 0 Å². The lowest BCUT2D eigenvalue weighted by Gasteiger charge is -2.03. The summed E-state index contributed by atoms with van der Waals surface area (Å²) in [7, 11) is 0. The maximum atomic E-state index is 11.2. The first-order valence-electron chi connectivity index (χ1n) is 6.23. The highest BCUT2D eigenvalue weighted by Crippen LogP contribution is 2.30. The number of nitrogens with one attached hydrogen (secondary N) is 1. The number of hydrogen-bond acceptors (Lipinski definition) is 5. The number of nitrogen functional groups attached to an aromatic ring is 1. The number of aromatic nitrogens is 3. The number of carbonyl (C=O) groups excluding carboxylic acids is 1. The fraction of sp³-hybridized carbons (Fsp3) is 0.0714. The minimum absolute atomic E-state index is 0.179. The van der Waals surface area contributed by atoms with Gasteiger partial charge in [0.25, 0.3) is 5.91 Å². The lowest BCUT2D eigenvalue weighted by atomic mass is 10.2. The average Bonchev–Trinajstić information content (AvgIpc) is 2.82. The normalized spacial score (nSPS) is 10.9. The lowest BCUT2D eigenvalue weighted by Crippen LogP contribution is -2.13. The molecule has 3 aromatic rings. The van der Waals surface area contributed by atoms with Crippen molar-refractivity contribution in [3.8, 4) is 0 Å². The van der Waals surface area contributed by atoms with Gasteiger partial charge in [0.15, 0.2) is 5.16 Å². The zero-order chi connectivity index (χ0) is 15.0. The molecule has 21 heavy (non-hydrogen) atoms. The minimum Gasteiger partial charge on any atom is -0.397 e. The summed E-state index contributed by atoms with van der Waals surface area (Å²) in [5.74, 6) is -0.586. The number of H-pyrrole nitrogens is 1. The van der Waals surface area contributed by atoms with E-state index < -0.39 is 5.91 Å². The molecule has 1 amide bonds. The van der Waals surface area contributed by atoms with Crippen molar-refractivity contribution < 1.29 is 4.79 Å². The van der Waals surface area contributed by atoms with E-state index in [1.165, 1.54) is 17.8 Å². The van der Waals surface area contributed by atoms with Crippen LogP contribution in [0.5, 0.6) is 0 Å². The first-order chi connectivity index (χ1) is 10.0. The summed E-state index contributed by atoms with van der Waals surface area (Å²) in [5.41, 5.74) is 14.7. The minimum atomic E-state index is -0.586. The average molecular weight is 299 g/mol. The smallest absolute Gasteiger partial charge is 0.267 e. The van der Waals surface area contributed by atoms with Gasteiger partial charge in [0.1, 0.15) is 10.7 Å². The Balaban J connectivity index is 1.98. The number of aryl methyl sites for hydroxylation is 1. The molecule has 0 aliphatic heterocycles. The van der Waals surface area contributed by atoms with Gasteiger partial charge in [0.05, 0.1) is 16.7 Å². The van der Waals surface area contributed by atoms with Crippen molar-refractivity contribution in [2.75, 3.05) is 5.73 Å². The van der Waals surface area contributed by atoms with Crippen molar-refractivity contribution >= 4 is 34.4 Å². The molecular formula is C14H13N5OS. The Hall–Kier alpha value is -2.54. The predicted molar refractivity (Wildman–Crippen MR) is 82.1 cm³/mol. The quantitative estimate of drug-likeness (QED) is 0.686. The maximum absolute atomic E-state index is 11.2. The Bertz CT molecular complexity index is 842. The largest absolute Gasteiger partial charge is 0.397 e. The second kappa shape index (κ2) is 5.10. The number of carbonyl (C=O) groups is 1. The molecule has 5 N–H and O–H groups in total. The van der Waals surface area contributed by atoms with Gasteiger partial charge in [-0.1, -0.05) is 6.07 Å². The van der Waals surface area contributed by atoms with Crippen LogP contribution in [0.4, 0.5) is 5.69 Å². The fourth-order valence-corrected chi connectivity index (χ4v) is 2.73. The van der Waals surface area contributed by atoms with E-state index in [-0.39, 0.29) is 5.69 Å². The number of fused-ring (bicyclic) bond motifs is 1. The van der Waals surface area contributed by atoms with Crippen LogP contribution in [0.1, 0.15) is 16.1 Å². The van der Waals surface area contributed by atoms with Gasteiger partial charge in [0.2, 0.25) is 0 Å². The molecule has 1 aromatic carbocycles. The summed E-state index contributed by atoms with van der Waals surface area (Å²) >= 11 is 1.27. The van der Waals surface area contributed by atoms with Crippen molar-refractivity contribution in [2.24, 2.45) is 5.73 Å². The van der Waals surface area contributed by atoms with E-state index in [1.54, 1.807) is 6.07 Å². The van der Waals surface area contributed by atoms with Gasteiger partial charge >= 0.3 is 0 Å². The molecular weight excluding hydrogens is 286 g/mol. The number of imidazole rings is 1. The second-order valence-corrected chi connectivity index (χ2v) is 5.60. The van der Waals surface area contributed by atoms with Crippen molar-refractivity contribution in [2.45, 2.75) is 17.1 Å². The Morgan fingerprint density at radius 2 is 2.05 bits per heavy atom. The van der Waals surface area contributed by atoms with Crippen LogP contribution < -0.4 is 11.5 Å². The van der Waals surface area contributed by atoms with Crippen LogP contribution in [0.15, 0.2) is 40.5 Å². The topological polar surface area (TPSA) is 111 Å². The molecule has 0 bridgehead atoms. The molecule has 0 atom stereocenters. The van der Waals surface area contributed by atoms with Crippen LogP contribution in [0.2, 0.25) is 0 Å². The SMILES string of the molecule is Cc1ccc2nc(Sc3nc(C(N)=O)ccc3N)[nH]c2c1. The summed E-state index contributed by atoms with van der Waals surface area (Å²) in [6.07, 6.45) is 0. The van der Waals surface area contributed by atoms with Crippen LogP contribution in [-0.4, -0.2) is 20.9 Å². The van der Waals surface area contributed by atoms with Crippen molar-refractivity contribution in [1.82, 2.24) is 15.0 Å². The predicted octanol–water partition coefficient (Wildman–Crippen LogP) is 2.10. The highest BCUT2D eigenvalue weighted by molar-refractivity contribution is 7.99. The molecule has 0 aliphatic rings. The van der Waals surface area contributed by atoms with E-state index in [1.807, 2.05) is 25.1 Å². The summed E-state index contributed by atoms with van der Waals surface area (Å²) < 4.78 is 0. The summed E-state index contributed by atoms with van der Waals surface area (Å²) in [4.78, 5) is 23.0. The van der Waals surface area contributed by atoms with Gasteiger partial charge in [-0.2, -0.15) is 0 Å². The number of amides is 1. The van der Waals surface area contributed by atoms with E-state index in [0.29, 0.717) is 15.9 Å².